The summed E-state index contributed by atoms with van der Waals surface area (Å²) in [5, 5.41) is 24.1. The topological polar surface area (TPSA) is 104 Å². The summed E-state index contributed by atoms with van der Waals surface area (Å²) < 4.78 is 31.4. The lowest BCUT2D eigenvalue weighted by atomic mass is 9.92. The van der Waals surface area contributed by atoms with Gasteiger partial charge < -0.3 is 20.2 Å². The molecule has 2 N–H and O–H groups in total. The molecule has 10 nitrogen and oxygen atoms in total. The lowest BCUT2D eigenvalue weighted by Gasteiger charge is -2.36. The summed E-state index contributed by atoms with van der Waals surface area (Å²) in [4.78, 5) is 20.9. The smallest absolute Gasteiger partial charge is 0.241 e. The van der Waals surface area contributed by atoms with Crippen LogP contribution in [0.25, 0.3) is 10.9 Å². The van der Waals surface area contributed by atoms with Crippen LogP contribution >= 0.6 is 0 Å². The number of rotatable bonds is 9. The molecule has 1 aliphatic rings. The largest absolute Gasteiger partial charge is 0.381 e. The van der Waals surface area contributed by atoms with Crippen LogP contribution in [-0.2, 0) is 23.5 Å². The number of aliphatic hydroxyl groups is 1. The number of para-hydroxylation sites is 1. The number of fused-ring (bicyclic) bond motifs is 1. The van der Waals surface area contributed by atoms with Crippen LogP contribution in [0.5, 0.6) is 0 Å². The van der Waals surface area contributed by atoms with Crippen LogP contribution in [0.1, 0.15) is 5.56 Å². The maximum atomic E-state index is 14.8. The average Bonchev–Trinajstić information content (AvgIpc) is 3.66. The number of piperazine rings is 1. The molecule has 1 unspecified atom stereocenters. The van der Waals surface area contributed by atoms with Gasteiger partial charge in [0.1, 0.15) is 29.9 Å². The molecule has 2 aromatic heterocycles. The van der Waals surface area contributed by atoms with Gasteiger partial charge in [0.05, 0.1) is 31.3 Å². The Balaban J connectivity index is 1.13. The number of aromatic nitrogens is 5. The number of carbonyl (C=O) groups is 1. The summed E-state index contributed by atoms with van der Waals surface area (Å²) in [7, 11) is 0. The molecule has 5 aromatic rings. The van der Waals surface area contributed by atoms with Gasteiger partial charge in [-0.2, -0.15) is 10.2 Å². The molecule has 3 heterocycles. The molecule has 0 bridgehead atoms. The average molecular weight is 573 g/mol. The first-order valence-electron chi connectivity index (χ1n) is 13.7. The Morgan fingerprint density at radius 3 is 2.50 bits per heavy atom. The standard InChI is InChI=1S/C30H30F2N8O2/c31-23-6-8-26(27(32)15-23)30(42,18-39-21-33-20-36-39)19-40-28-9-7-24(14-22(28)16-35-40)34-17-29(41)38-12-10-37(11-13-38)25-4-2-1-3-5-25/h1-9,14-16,20-21,34,42H,10-13,17-19H2. The van der Waals surface area contributed by atoms with Gasteiger partial charge in [-0.15, -0.1) is 0 Å². The third kappa shape index (κ3) is 5.79. The molecule has 0 spiro atoms. The van der Waals surface area contributed by atoms with Gasteiger partial charge in [-0.3, -0.25) is 9.48 Å². The molecule has 1 atom stereocenters. The number of carbonyl (C=O) groups excluding carboxylic acids is 1. The molecule has 42 heavy (non-hydrogen) atoms. The highest BCUT2D eigenvalue weighted by Crippen LogP contribution is 2.30. The molecule has 1 fully saturated rings. The van der Waals surface area contributed by atoms with Crippen molar-refractivity contribution >= 4 is 28.2 Å². The summed E-state index contributed by atoms with van der Waals surface area (Å²) in [6.45, 7) is 2.79. The van der Waals surface area contributed by atoms with Crippen LogP contribution in [0, 0.1) is 11.6 Å². The zero-order chi connectivity index (χ0) is 29.1. The molecule has 3 aromatic carbocycles. The third-order valence-electron chi connectivity index (χ3n) is 7.57. The monoisotopic (exact) mass is 572 g/mol. The Bertz CT molecular complexity index is 1670. The van der Waals surface area contributed by atoms with Crippen LogP contribution in [0.4, 0.5) is 20.2 Å². The molecule has 12 heteroatoms. The molecule has 1 aliphatic heterocycles. The maximum Gasteiger partial charge on any atom is 0.241 e. The molecule has 1 amide bonds. The molecule has 6 rings (SSSR count). The summed E-state index contributed by atoms with van der Waals surface area (Å²) >= 11 is 0. The van der Waals surface area contributed by atoms with E-state index < -0.39 is 17.2 Å². The molecule has 1 saturated heterocycles. The van der Waals surface area contributed by atoms with Gasteiger partial charge >= 0.3 is 0 Å². The van der Waals surface area contributed by atoms with Crippen molar-refractivity contribution in [3.05, 3.63) is 103 Å². The molecule has 0 saturated carbocycles. The fraction of sp³-hybridized carbons (Fsp3) is 0.267. The predicted octanol–water partition coefficient (Wildman–Crippen LogP) is 3.25. The minimum absolute atomic E-state index is 0.0259. The fourth-order valence-electron chi connectivity index (χ4n) is 5.38. The summed E-state index contributed by atoms with van der Waals surface area (Å²) in [6.07, 6.45) is 4.37. The van der Waals surface area contributed by atoms with Gasteiger partial charge in [0.15, 0.2) is 0 Å². The second kappa shape index (κ2) is 11.6. The third-order valence-corrected chi connectivity index (χ3v) is 7.57. The minimum Gasteiger partial charge on any atom is -0.381 e. The van der Waals surface area contributed by atoms with Crippen LogP contribution in [-0.4, -0.2) is 73.2 Å². The lowest BCUT2D eigenvalue weighted by Crippen LogP contribution is -2.50. The van der Waals surface area contributed by atoms with E-state index in [2.05, 4.69) is 37.5 Å². The van der Waals surface area contributed by atoms with E-state index in [0.717, 1.165) is 42.0 Å². The van der Waals surface area contributed by atoms with Gasteiger partial charge in [0.2, 0.25) is 5.91 Å². The lowest BCUT2D eigenvalue weighted by molar-refractivity contribution is -0.129. The maximum absolute atomic E-state index is 14.8. The van der Waals surface area contributed by atoms with Crippen molar-refractivity contribution in [1.82, 2.24) is 29.4 Å². The fourth-order valence-corrected chi connectivity index (χ4v) is 5.38. The van der Waals surface area contributed by atoms with Gasteiger partial charge in [-0.25, -0.2) is 18.4 Å². The van der Waals surface area contributed by atoms with E-state index in [0.29, 0.717) is 18.6 Å². The number of hydrogen-bond acceptors (Lipinski definition) is 7. The Morgan fingerprint density at radius 1 is 0.952 bits per heavy atom. The number of halogens is 2. The first kappa shape index (κ1) is 27.3. The number of anilines is 2. The number of amides is 1. The van der Waals surface area contributed by atoms with E-state index in [1.807, 2.05) is 41.3 Å². The molecule has 216 valence electrons. The SMILES string of the molecule is O=C(CNc1ccc2c(cnn2CC(O)(Cn2cncn2)c2ccc(F)cc2F)c1)N1CCN(c2ccccc2)CC1. The van der Waals surface area contributed by atoms with Gasteiger partial charge in [0.25, 0.3) is 0 Å². The second-order valence-electron chi connectivity index (χ2n) is 10.4. The Labute approximate surface area is 240 Å². The molecular formula is C30H30F2N8O2. The van der Waals surface area contributed by atoms with Crippen molar-refractivity contribution < 1.29 is 18.7 Å². The highest BCUT2D eigenvalue weighted by atomic mass is 19.1. The van der Waals surface area contributed by atoms with Crippen molar-refractivity contribution in [2.24, 2.45) is 0 Å². The number of hydrogen-bond donors (Lipinski definition) is 2. The molecular weight excluding hydrogens is 542 g/mol. The quantitative estimate of drug-likeness (QED) is 0.280. The zero-order valence-corrected chi connectivity index (χ0v) is 22.8. The summed E-state index contributed by atoms with van der Waals surface area (Å²) in [5.41, 5.74) is 0.725. The first-order valence-corrected chi connectivity index (χ1v) is 13.7. The van der Waals surface area contributed by atoms with Crippen LogP contribution in [0.3, 0.4) is 0 Å². The van der Waals surface area contributed by atoms with Crippen molar-refractivity contribution in [2.45, 2.75) is 18.7 Å². The number of nitrogens with zero attached hydrogens (tertiary/aromatic N) is 7. The van der Waals surface area contributed by atoms with Crippen molar-refractivity contribution in [3.63, 3.8) is 0 Å². The number of benzene rings is 3. The van der Waals surface area contributed by atoms with E-state index in [1.54, 1.807) is 10.9 Å². The second-order valence-corrected chi connectivity index (χ2v) is 10.4. The molecule has 0 radical (unpaired) electrons. The van der Waals surface area contributed by atoms with E-state index >= 15 is 0 Å². The van der Waals surface area contributed by atoms with Crippen LogP contribution in [0.2, 0.25) is 0 Å². The van der Waals surface area contributed by atoms with Crippen LogP contribution in [0.15, 0.2) is 85.6 Å². The highest BCUT2D eigenvalue weighted by Gasteiger charge is 2.35. The van der Waals surface area contributed by atoms with E-state index in [1.165, 1.54) is 23.4 Å². The van der Waals surface area contributed by atoms with Gasteiger partial charge in [-0.1, -0.05) is 24.3 Å². The van der Waals surface area contributed by atoms with Gasteiger partial charge in [-0.05, 0) is 36.4 Å². The number of nitrogens with one attached hydrogen (secondary N) is 1. The summed E-state index contributed by atoms with van der Waals surface area (Å²) in [6, 6.07) is 18.8. The highest BCUT2D eigenvalue weighted by molar-refractivity contribution is 5.85. The normalized spacial score (nSPS) is 15.1. The molecule has 0 aliphatic carbocycles. The van der Waals surface area contributed by atoms with Gasteiger partial charge in [0, 0.05) is 54.6 Å². The Hall–Kier alpha value is -4.84. The predicted molar refractivity (Wildman–Crippen MR) is 154 cm³/mol. The van der Waals surface area contributed by atoms with Crippen molar-refractivity contribution in [1.29, 1.82) is 0 Å². The van der Waals surface area contributed by atoms with Crippen molar-refractivity contribution in [3.8, 4) is 0 Å². The minimum atomic E-state index is -1.81. The zero-order valence-electron chi connectivity index (χ0n) is 22.8. The Morgan fingerprint density at radius 2 is 1.76 bits per heavy atom. The first-order chi connectivity index (χ1) is 20.4. The van der Waals surface area contributed by atoms with Crippen molar-refractivity contribution in [2.75, 3.05) is 42.9 Å². The Kier molecular flexibility index (Phi) is 7.53. The van der Waals surface area contributed by atoms with Crippen LogP contribution < -0.4 is 10.2 Å². The van der Waals surface area contributed by atoms with E-state index in [9.17, 15) is 18.7 Å². The van der Waals surface area contributed by atoms with E-state index in [4.69, 9.17) is 0 Å². The summed E-state index contributed by atoms with van der Waals surface area (Å²) in [5.74, 6) is -1.58. The van der Waals surface area contributed by atoms with E-state index in [-0.39, 0.29) is 31.1 Å².